The Bertz CT molecular complexity index is 426. The third-order valence-corrected chi connectivity index (χ3v) is 3.31. The summed E-state index contributed by atoms with van der Waals surface area (Å²) in [6, 6.07) is 1.88. The van der Waals surface area contributed by atoms with Gasteiger partial charge in [0.15, 0.2) is 0 Å². The summed E-state index contributed by atoms with van der Waals surface area (Å²) in [6.07, 6.45) is 0.898. The van der Waals surface area contributed by atoms with Crippen LogP contribution in [-0.4, -0.2) is 39.7 Å². The quantitative estimate of drug-likeness (QED) is 0.818. The maximum Gasteiger partial charge on any atom is 0.247 e. The molecule has 2 atom stereocenters. The summed E-state index contributed by atoms with van der Waals surface area (Å²) in [5.74, 6) is 0.115. The molecular weight excluding hydrogens is 216 g/mol. The standard InChI is InChI=1S/C12H20N4O/c1-8-6-9(2)16(14-8)10(3)12(17)15-5-4-11(13)7-15/h6,10-11H,4-5,7,13H2,1-3H3/t10-,11-/m0/s1. The van der Waals surface area contributed by atoms with Crippen LogP contribution in [0.4, 0.5) is 0 Å². The highest BCUT2D eigenvalue weighted by molar-refractivity contribution is 5.80. The Labute approximate surface area is 102 Å². The van der Waals surface area contributed by atoms with Gasteiger partial charge in [0.2, 0.25) is 5.91 Å². The number of rotatable bonds is 2. The average Bonchev–Trinajstić information content (AvgIpc) is 2.83. The number of amides is 1. The fraction of sp³-hybridized carbons (Fsp3) is 0.667. The second-order valence-corrected chi connectivity index (χ2v) is 4.88. The van der Waals surface area contributed by atoms with Gasteiger partial charge in [-0.15, -0.1) is 0 Å². The maximum atomic E-state index is 12.3. The van der Waals surface area contributed by atoms with E-state index in [2.05, 4.69) is 5.10 Å². The minimum Gasteiger partial charge on any atom is -0.339 e. The zero-order chi connectivity index (χ0) is 12.6. The van der Waals surface area contributed by atoms with E-state index in [1.807, 2.05) is 31.7 Å². The zero-order valence-corrected chi connectivity index (χ0v) is 10.7. The third-order valence-electron chi connectivity index (χ3n) is 3.31. The first kappa shape index (κ1) is 12.1. The van der Waals surface area contributed by atoms with Crippen LogP contribution >= 0.6 is 0 Å². The Morgan fingerprint density at radius 1 is 1.59 bits per heavy atom. The van der Waals surface area contributed by atoms with Crippen molar-refractivity contribution in [3.63, 3.8) is 0 Å². The van der Waals surface area contributed by atoms with Gasteiger partial charge >= 0.3 is 0 Å². The number of nitrogens with two attached hydrogens (primary N) is 1. The molecule has 0 aliphatic carbocycles. The topological polar surface area (TPSA) is 64.2 Å². The molecule has 1 aliphatic heterocycles. The van der Waals surface area contributed by atoms with Gasteiger partial charge in [0.25, 0.3) is 0 Å². The molecule has 1 fully saturated rings. The molecule has 1 saturated heterocycles. The Hall–Kier alpha value is -1.36. The maximum absolute atomic E-state index is 12.3. The van der Waals surface area contributed by atoms with E-state index in [-0.39, 0.29) is 18.0 Å². The van der Waals surface area contributed by atoms with Gasteiger partial charge < -0.3 is 10.6 Å². The van der Waals surface area contributed by atoms with Gasteiger partial charge in [-0.3, -0.25) is 9.48 Å². The highest BCUT2D eigenvalue weighted by Crippen LogP contribution is 2.17. The fourth-order valence-corrected chi connectivity index (χ4v) is 2.39. The second kappa shape index (κ2) is 4.49. The van der Waals surface area contributed by atoms with Gasteiger partial charge in [-0.1, -0.05) is 0 Å². The first-order valence-electron chi connectivity index (χ1n) is 6.06. The van der Waals surface area contributed by atoms with Crippen LogP contribution in [0.25, 0.3) is 0 Å². The Balaban J connectivity index is 2.12. The van der Waals surface area contributed by atoms with Crippen molar-refractivity contribution in [1.29, 1.82) is 0 Å². The van der Waals surface area contributed by atoms with Crippen molar-refractivity contribution >= 4 is 5.91 Å². The molecule has 5 heteroatoms. The van der Waals surface area contributed by atoms with Crippen LogP contribution in [0, 0.1) is 13.8 Å². The number of likely N-dealkylation sites (tertiary alicyclic amines) is 1. The van der Waals surface area contributed by atoms with Crippen LogP contribution in [-0.2, 0) is 4.79 Å². The van der Waals surface area contributed by atoms with Crippen molar-refractivity contribution in [3.8, 4) is 0 Å². The second-order valence-electron chi connectivity index (χ2n) is 4.88. The van der Waals surface area contributed by atoms with Crippen LogP contribution in [0.15, 0.2) is 6.07 Å². The van der Waals surface area contributed by atoms with E-state index in [0.29, 0.717) is 6.54 Å². The van der Waals surface area contributed by atoms with Crippen molar-refractivity contribution in [2.45, 2.75) is 39.3 Å². The van der Waals surface area contributed by atoms with E-state index in [1.165, 1.54) is 0 Å². The molecule has 1 aliphatic rings. The zero-order valence-electron chi connectivity index (χ0n) is 10.7. The molecule has 1 aromatic heterocycles. The van der Waals surface area contributed by atoms with Crippen molar-refractivity contribution in [3.05, 3.63) is 17.5 Å². The van der Waals surface area contributed by atoms with Crippen LogP contribution in [0.2, 0.25) is 0 Å². The largest absolute Gasteiger partial charge is 0.339 e. The fourth-order valence-electron chi connectivity index (χ4n) is 2.39. The molecule has 2 heterocycles. The Morgan fingerprint density at radius 2 is 2.29 bits per heavy atom. The molecule has 1 amide bonds. The molecule has 0 saturated carbocycles. The lowest BCUT2D eigenvalue weighted by Gasteiger charge is -2.21. The summed E-state index contributed by atoms with van der Waals surface area (Å²) in [4.78, 5) is 14.1. The number of carbonyl (C=O) groups excluding carboxylic acids is 1. The van der Waals surface area contributed by atoms with Gasteiger partial charge in [0, 0.05) is 24.8 Å². The Kier molecular flexibility index (Phi) is 3.19. The van der Waals surface area contributed by atoms with Crippen molar-refractivity contribution in [2.75, 3.05) is 13.1 Å². The molecule has 94 valence electrons. The third kappa shape index (κ3) is 2.34. The highest BCUT2D eigenvalue weighted by atomic mass is 16.2. The van der Waals surface area contributed by atoms with Crippen LogP contribution in [0.3, 0.4) is 0 Å². The lowest BCUT2D eigenvalue weighted by atomic mass is 10.3. The SMILES string of the molecule is Cc1cc(C)n([C@@H](C)C(=O)N2CC[C@H](N)C2)n1. The molecule has 0 bridgehead atoms. The van der Waals surface area contributed by atoms with E-state index in [0.717, 1.165) is 24.4 Å². The van der Waals surface area contributed by atoms with Crippen molar-refractivity contribution in [1.82, 2.24) is 14.7 Å². The van der Waals surface area contributed by atoms with E-state index >= 15 is 0 Å². The Morgan fingerprint density at radius 3 is 2.76 bits per heavy atom. The summed E-state index contributed by atoms with van der Waals surface area (Å²) in [6.45, 7) is 7.24. The van der Waals surface area contributed by atoms with Crippen LogP contribution in [0.5, 0.6) is 0 Å². The van der Waals surface area contributed by atoms with Gasteiger partial charge in [-0.2, -0.15) is 5.10 Å². The van der Waals surface area contributed by atoms with Crippen LogP contribution < -0.4 is 5.73 Å². The molecular formula is C12H20N4O. The van der Waals surface area contributed by atoms with Gasteiger partial charge in [0.05, 0.1) is 5.69 Å². The highest BCUT2D eigenvalue weighted by Gasteiger charge is 2.28. The summed E-state index contributed by atoms with van der Waals surface area (Å²) < 4.78 is 1.79. The summed E-state index contributed by atoms with van der Waals surface area (Å²) >= 11 is 0. The number of aryl methyl sites for hydroxylation is 2. The molecule has 17 heavy (non-hydrogen) atoms. The monoisotopic (exact) mass is 236 g/mol. The minimum atomic E-state index is -0.242. The number of nitrogens with zero attached hydrogens (tertiary/aromatic N) is 3. The normalized spacial score (nSPS) is 21.9. The predicted molar refractivity (Wildman–Crippen MR) is 65.6 cm³/mol. The molecule has 0 unspecified atom stereocenters. The summed E-state index contributed by atoms with van der Waals surface area (Å²) in [7, 11) is 0. The van der Waals surface area contributed by atoms with Crippen LogP contribution in [0.1, 0.15) is 30.8 Å². The van der Waals surface area contributed by atoms with E-state index in [4.69, 9.17) is 5.73 Å². The molecule has 0 aromatic carbocycles. The number of carbonyl (C=O) groups is 1. The first-order valence-corrected chi connectivity index (χ1v) is 6.06. The molecule has 0 spiro atoms. The first-order chi connectivity index (χ1) is 7.99. The molecule has 5 nitrogen and oxygen atoms in total. The van der Waals surface area contributed by atoms with E-state index in [1.54, 1.807) is 4.68 Å². The van der Waals surface area contributed by atoms with Gasteiger partial charge in [-0.25, -0.2) is 0 Å². The predicted octanol–water partition coefficient (Wildman–Crippen LogP) is 0.621. The molecule has 1 aromatic rings. The molecule has 2 rings (SSSR count). The number of aromatic nitrogens is 2. The smallest absolute Gasteiger partial charge is 0.247 e. The lowest BCUT2D eigenvalue weighted by molar-refractivity contribution is -0.133. The number of hydrogen-bond donors (Lipinski definition) is 1. The summed E-state index contributed by atoms with van der Waals surface area (Å²) in [5.41, 5.74) is 7.78. The lowest BCUT2D eigenvalue weighted by Crippen LogP contribution is -2.37. The van der Waals surface area contributed by atoms with Gasteiger partial charge in [0.1, 0.15) is 6.04 Å². The van der Waals surface area contributed by atoms with Crippen molar-refractivity contribution in [2.24, 2.45) is 5.73 Å². The van der Waals surface area contributed by atoms with E-state index < -0.39 is 0 Å². The molecule has 0 radical (unpaired) electrons. The van der Waals surface area contributed by atoms with E-state index in [9.17, 15) is 4.79 Å². The number of hydrogen-bond acceptors (Lipinski definition) is 3. The van der Waals surface area contributed by atoms with Crippen molar-refractivity contribution < 1.29 is 4.79 Å². The minimum absolute atomic E-state index is 0.115. The van der Waals surface area contributed by atoms with Gasteiger partial charge in [-0.05, 0) is 33.3 Å². The summed E-state index contributed by atoms with van der Waals surface area (Å²) in [5, 5.41) is 4.36. The molecule has 2 N–H and O–H groups in total. The average molecular weight is 236 g/mol.